The lowest BCUT2D eigenvalue weighted by molar-refractivity contribution is 0.0953. The Morgan fingerprint density at radius 2 is 2.00 bits per heavy atom. The number of benzene rings is 2. The van der Waals surface area contributed by atoms with Crippen LogP contribution in [0.1, 0.15) is 15.9 Å². The van der Waals surface area contributed by atoms with Crippen LogP contribution in [-0.4, -0.2) is 13.0 Å². The van der Waals surface area contributed by atoms with E-state index in [0.717, 1.165) is 11.3 Å². The Bertz CT molecular complexity index is 616. The Kier molecular flexibility index (Phi) is 4.32. The second kappa shape index (κ2) is 6.16. The number of hydrazine groups is 1. The van der Waals surface area contributed by atoms with E-state index in [4.69, 9.17) is 5.84 Å². The minimum absolute atomic E-state index is 0.273. The van der Waals surface area contributed by atoms with Crippen molar-refractivity contribution in [1.82, 2.24) is 5.43 Å². The number of rotatable bonds is 4. The number of nitrogens with two attached hydrogens (primary N) is 1. The predicted octanol–water partition coefficient (Wildman–Crippen LogP) is 2.07. The molecule has 0 aliphatic carbocycles. The number of nitrogen functional groups attached to an aromatic ring is 1. The Morgan fingerprint density at radius 3 is 2.70 bits per heavy atom. The fourth-order valence-corrected chi connectivity index (χ4v) is 1.97. The molecule has 3 N–H and O–H groups in total. The highest BCUT2D eigenvalue weighted by molar-refractivity contribution is 5.93. The van der Waals surface area contributed by atoms with Crippen molar-refractivity contribution in [3.63, 3.8) is 0 Å². The summed E-state index contributed by atoms with van der Waals surface area (Å²) in [5.74, 6) is 4.51. The van der Waals surface area contributed by atoms with Crippen molar-refractivity contribution in [2.75, 3.05) is 11.9 Å². The van der Waals surface area contributed by atoms with Crippen LogP contribution in [0.25, 0.3) is 0 Å². The molecule has 2 rings (SSSR count). The fourth-order valence-electron chi connectivity index (χ4n) is 1.97. The van der Waals surface area contributed by atoms with Crippen molar-refractivity contribution in [3.8, 4) is 0 Å². The molecule has 0 spiro atoms. The molecule has 104 valence electrons. The standard InChI is InChI=1S/C15H16FN3O/c1-19(14-7-3-6-13(16)9-14)10-11-4-2-5-12(8-11)15(20)18-17/h2-9H,10,17H2,1H3,(H,18,20). The van der Waals surface area contributed by atoms with Gasteiger partial charge < -0.3 is 4.90 Å². The van der Waals surface area contributed by atoms with Gasteiger partial charge in [0.15, 0.2) is 0 Å². The first kappa shape index (κ1) is 14.0. The van der Waals surface area contributed by atoms with E-state index >= 15 is 0 Å². The van der Waals surface area contributed by atoms with Gasteiger partial charge in [-0.2, -0.15) is 0 Å². The second-order valence-electron chi connectivity index (χ2n) is 4.51. The Hall–Kier alpha value is -2.40. The molecule has 0 radical (unpaired) electrons. The van der Waals surface area contributed by atoms with Gasteiger partial charge in [-0.1, -0.05) is 18.2 Å². The van der Waals surface area contributed by atoms with Gasteiger partial charge in [-0.25, -0.2) is 10.2 Å². The maximum Gasteiger partial charge on any atom is 0.265 e. The predicted molar refractivity (Wildman–Crippen MR) is 76.6 cm³/mol. The van der Waals surface area contributed by atoms with E-state index in [0.29, 0.717) is 12.1 Å². The zero-order valence-corrected chi connectivity index (χ0v) is 11.1. The third-order valence-electron chi connectivity index (χ3n) is 2.99. The lowest BCUT2D eigenvalue weighted by Crippen LogP contribution is -2.30. The van der Waals surface area contributed by atoms with Gasteiger partial charge in [0, 0.05) is 24.8 Å². The molecular weight excluding hydrogens is 257 g/mol. The maximum absolute atomic E-state index is 13.2. The van der Waals surface area contributed by atoms with Crippen LogP contribution in [0.3, 0.4) is 0 Å². The number of carbonyl (C=O) groups excluding carboxylic acids is 1. The van der Waals surface area contributed by atoms with E-state index in [2.05, 4.69) is 5.43 Å². The van der Waals surface area contributed by atoms with Crippen molar-refractivity contribution in [2.24, 2.45) is 5.84 Å². The summed E-state index contributed by atoms with van der Waals surface area (Å²) in [5, 5.41) is 0. The average molecular weight is 273 g/mol. The fraction of sp³-hybridized carbons (Fsp3) is 0.133. The molecule has 0 saturated heterocycles. The van der Waals surface area contributed by atoms with Crippen LogP contribution in [0.2, 0.25) is 0 Å². The highest BCUT2D eigenvalue weighted by atomic mass is 19.1. The zero-order valence-electron chi connectivity index (χ0n) is 11.1. The minimum atomic E-state index is -0.333. The summed E-state index contributed by atoms with van der Waals surface area (Å²) in [4.78, 5) is 13.4. The van der Waals surface area contributed by atoms with Gasteiger partial charge in [0.25, 0.3) is 5.91 Å². The number of hydrogen-bond acceptors (Lipinski definition) is 3. The summed E-state index contributed by atoms with van der Waals surface area (Å²) >= 11 is 0. The molecule has 0 unspecified atom stereocenters. The van der Waals surface area contributed by atoms with Gasteiger partial charge >= 0.3 is 0 Å². The van der Waals surface area contributed by atoms with Gasteiger partial charge in [0.05, 0.1) is 0 Å². The Balaban J connectivity index is 2.15. The molecule has 0 bridgehead atoms. The van der Waals surface area contributed by atoms with Gasteiger partial charge in [-0.05, 0) is 35.9 Å². The molecule has 0 heterocycles. The molecule has 0 saturated carbocycles. The van der Waals surface area contributed by atoms with Crippen molar-refractivity contribution >= 4 is 11.6 Å². The summed E-state index contributed by atoms with van der Waals surface area (Å²) in [7, 11) is 1.87. The van der Waals surface area contributed by atoms with Crippen molar-refractivity contribution in [1.29, 1.82) is 0 Å². The molecule has 2 aromatic carbocycles. The van der Waals surface area contributed by atoms with Crippen LogP contribution < -0.4 is 16.2 Å². The molecule has 20 heavy (non-hydrogen) atoms. The molecule has 2 aromatic rings. The number of nitrogens with zero attached hydrogens (tertiary/aromatic N) is 1. The van der Waals surface area contributed by atoms with Crippen molar-refractivity contribution in [2.45, 2.75) is 6.54 Å². The lowest BCUT2D eigenvalue weighted by atomic mass is 10.1. The Morgan fingerprint density at radius 1 is 1.25 bits per heavy atom. The van der Waals surface area contributed by atoms with E-state index in [1.54, 1.807) is 24.3 Å². The summed E-state index contributed by atoms with van der Waals surface area (Å²) in [6.45, 7) is 0.565. The zero-order chi connectivity index (χ0) is 14.5. The average Bonchev–Trinajstić information content (AvgIpc) is 2.46. The number of amides is 1. The molecule has 0 aliphatic rings. The van der Waals surface area contributed by atoms with Crippen LogP contribution in [0.15, 0.2) is 48.5 Å². The van der Waals surface area contributed by atoms with Gasteiger partial charge in [-0.15, -0.1) is 0 Å². The largest absolute Gasteiger partial charge is 0.370 e. The van der Waals surface area contributed by atoms with E-state index < -0.39 is 0 Å². The summed E-state index contributed by atoms with van der Waals surface area (Å²) < 4.78 is 13.2. The van der Waals surface area contributed by atoms with Crippen LogP contribution >= 0.6 is 0 Å². The maximum atomic E-state index is 13.2. The van der Waals surface area contributed by atoms with Gasteiger partial charge in [0.1, 0.15) is 5.82 Å². The first-order chi connectivity index (χ1) is 9.60. The van der Waals surface area contributed by atoms with E-state index in [-0.39, 0.29) is 11.7 Å². The first-order valence-corrected chi connectivity index (χ1v) is 6.17. The van der Waals surface area contributed by atoms with Crippen LogP contribution in [0, 0.1) is 5.82 Å². The van der Waals surface area contributed by atoms with Crippen LogP contribution in [0.4, 0.5) is 10.1 Å². The van der Waals surface area contributed by atoms with Gasteiger partial charge in [-0.3, -0.25) is 10.2 Å². The molecule has 5 heteroatoms. The molecule has 0 fully saturated rings. The van der Waals surface area contributed by atoms with Crippen LogP contribution in [0.5, 0.6) is 0 Å². The highest BCUT2D eigenvalue weighted by Gasteiger charge is 2.07. The summed E-state index contributed by atoms with van der Waals surface area (Å²) in [6.07, 6.45) is 0. The quantitative estimate of drug-likeness (QED) is 0.509. The highest BCUT2D eigenvalue weighted by Crippen LogP contribution is 2.17. The second-order valence-corrected chi connectivity index (χ2v) is 4.51. The van der Waals surface area contributed by atoms with Gasteiger partial charge in [0.2, 0.25) is 0 Å². The summed E-state index contributed by atoms with van der Waals surface area (Å²) in [5.41, 5.74) is 4.32. The minimum Gasteiger partial charge on any atom is -0.370 e. The molecule has 0 aliphatic heterocycles. The lowest BCUT2D eigenvalue weighted by Gasteiger charge is -2.19. The number of carbonyl (C=O) groups is 1. The van der Waals surface area contributed by atoms with Crippen molar-refractivity contribution in [3.05, 3.63) is 65.5 Å². The van der Waals surface area contributed by atoms with E-state index in [1.807, 2.05) is 24.1 Å². The summed E-state index contributed by atoms with van der Waals surface area (Å²) in [6, 6.07) is 13.5. The van der Waals surface area contributed by atoms with Crippen LogP contribution in [-0.2, 0) is 6.54 Å². The molecule has 1 amide bonds. The van der Waals surface area contributed by atoms with Crippen molar-refractivity contribution < 1.29 is 9.18 Å². The topological polar surface area (TPSA) is 58.4 Å². The normalized spacial score (nSPS) is 10.2. The third kappa shape index (κ3) is 3.33. The first-order valence-electron chi connectivity index (χ1n) is 6.17. The number of anilines is 1. The SMILES string of the molecule is CN(Cc1cccc(C(=O)NN)c1)c1cccc(F)c1. The smallest absolute Gasteiger partial charge is 0.265 e. The Labute approximate surface area is 117 Å². The van der Waals surface area contributed by atoms with E-state index in [9.17, 15) is 9.18 Å². The number of nitrogens with one attached hydrogen (secondary N) is 1. The number of halogens is 1. The molecular formula is C15H16FN3O. The molecule has 0 atom stereocenters. The molecule has 0 aromatic heterocycles. The number of hydrogen-bond donors (Lipinski definition) is 2. The third-order valence-corrected chi connectivity index (χ3v) is 2.99. The monoisotopic (exact) mass is 273 g/mol. The van der Waals surface area contributed by atoms with E-state index in [1.165, 1.54) is 12.1 Å². The molecule has 4 nitrogen and oxygen atoms in total.